The number of ether oxygens (including phenoxy) is 2. The van der Waals surface area contributed by atoms with Crippen LogP contribution in [-0.2, 0) is 4.74 Å². The highest BCUT2D eigenvalue weighted by Crippen LogP contribution is 2.31. The third-order valence-electron chi connectivity index (χ3n) is 3.32. The molecule has 0 saturated heterocycles. The average Bonchev–Trinajstić information content (AvgIpc) is 2.50. The quantitative estimate of drug-likeness (QED) is 0.760. The molecule has 1 unspecified atom stereocenters. The number of rotatable bonds is 7. The summed E-state index contributed by atoms with van der Waals surface area (Å²) in [7, 11) is 3.32. The first-order chi connectivity index (χ1) is 9.77. The molecule has 20 heavy (non-hydrogen) atoms. The van der Waals surface area contributed by atoms with E-state index in [1.54, 1.807) is 14.2 Å². The highest BCUT2D eigenvalue weighted by Gasteiger charge is 2.13. The Morgan fingerprint density at radius 3 is 2.55 bits per heavy atom. The molecular formula is C16H21NO3. The van der Waals surface area contributed by atoms with Crippen LogP contribution in [0, 0.1) is 0 Å². The van der Waals surface area contributed by atoms with E-state index < -0.39 is 6.10 Å². The van der Waals surface area contributed by atoms with Crippen LogP contribution in [0.1, 0.15) is 11.7 Å². The molecule has 0 saturated carbocycles. The van der Waals surface area contributed by atoms with Crippen LogP contribution in [0.25, 0.3) is 10.8 Å². The van der Waals surface area contributed by atoms with Crippen molar-refractivity contribution in [3.05, 3.63) is 42.0 Å². The fraction of sp³-hybridized carbons (Fsp3) is 0.375. The van der Waals surface area contributed by atoms with E-state index in [1.165, 1.54) is 0 Å². The van der Waals surface area contributed by atoms with Gasteiger partial charge in [0.05, 0.1) is 19.8 Å². The van der Waals surface area contributed by atoms with Crippen molar-refractivity contribution in [2.75, 3.05) is 33.9 Å². The van der Waals surface area contributed by atoms with E-state index >= 15 is 0 Å². The van der Waals surface area contributed by atoms with Crippen LogP contribution in [0.2, 0.25) is 0 Å². The van der Waals surface area contributed by atoms with Crippen LogP contribution in [-0.4, -0.2) is 39.0 Å². The molecule has 0 radical (unpaired) electrons. The van der Waals surface area contributed by atoms with Crippen molar-refractivity contribution in [3.8, 4) is 5.75 Å². The molecule has 0 heterocycles. The van der Waals surface area contributed by atoms with Gasteiger partial charge in [-0.25, -0.2) is 0 Å². The summed E-state index contributed by atoms with van der Waals surface area (Å²) in [4.78, 5) is 0. The molecule has 2 aromatic carbocycles. The number of hydrogen-bond donors (Lipinski definition) is 2. The molecule has 0 aromatic heterocycles. The Bertz CT molecular complexity index is 556. The van der Waals surface area contributed by atoms with Gasteiger partial charge in [0.15, 0.2) is 0 Å². The van der Waals surface area contributed by atoms with Gasteiger partial charge in [0.1, 0.15) is 5.75 Å². The maximum Gasteiger partial charge on any atom is 0.126 e. The number of aliphatic hydroxyl groups is 1. The van der Waals surface area contributed by atoms with Gasteiger partial charge < -0.3 is 19.9 Å². The van der Waals surface area contributed by atoms with Crippen LogP contribution >= 0.6 is 0 Å². The van der Waals surface area contributed by atoms with Crippen molar-refractivity contribution in [2.45, 2.75) is 6.10 Å². The standard InChI is InChI=1S/C16H21NO3/c1-19-10-9-17-11-15(18)13-7-8-16(20-2)14-6-4-3-5-12(13)14/h3-8,15,17-18H,9-11H2,1-2H3. The van der Waals surface area contributed by atoms with Crippen LogP contribution in [0.3, 0.4) is 0 Å². The van der Waals surface area contributed by atoms with Crippen LogP contribution in [0.5, 0.6) is 5.75 Å². The smallest absolute Gasteiger partial charge is 0.126 e. The molecule has 108 valence electrons. The van der Waals surface area contributed by atoms with E-state index in [4.69, 9.17) is 9.47 Å². The first-order valence-electron chi connectivity index (χ1n) is 6.71. The number of hydrogen-bond acceptors (Lipinski definition) is 4. The molecule has 4 heteroatoms. The normalized spacial score (nSPS) is 12.6. The zero-order valence-electron chi connectivity index (χ0n) is 11.9. The largest absolute Gasteiger partial charge is 0.496 e. The van der Waals surface area contributed by atoms with Gasteiger partial charge in [-0.1, -0.05) is 30.3 Å². The van der Waals surface area contributed by atoms with Gasteiger partial charge in [0.25, 0.3) is 0 Å². The summed E-state index contributed by atoms with van der Waals surface area (Å²) >= 11 is 0. The van der Waals surface area contributed by atoms with Crippen LogP contribution in [0.4, 0.5) is 0 Å². The lowest BCUT2D eigenvalue weighted by Crippen LogP contribution is -2.25. The van der Waals surface area contributed by atoms with Gasteiger partial charge in [0, 0.05) is 25.6 Å². The van der Waals surface area contributed by atoms with Crippen molar-refractivity contribution >= 4 is 10.8 Å². The molecular weight excluding hydrogens is 254 g/mol. The number of benzene rings is 2. The number of fused-ring (bicyclic) bond motifs is 1. The molecule has 0 bridgehead atoms. The monoisotopic (exact) mass is 275 g/mol. The van der Waals surface area contributed by atoms with E-state index in [1.807, 2.05) is 36.4 Å². The van der Waals surface area contributed by atoms with Crippen LogP contribution in [0.15, 0.2) is 36.4 Å². The van der Waals surface area contributed by atoms with E-state index in [0.717, 1.165) is 28.6 Å². The summed E-state index contributed by atoms with van der Waals surface area (Å²) in [5.41, 5.74) is 0.909. The molecule has 1 atom stereocenters. The minimum absolute atomic E-state index is 0.500. The predicted molar refractivity (Wildman–Crippen MR) is 80.2 cm³/mol. The molecule has 0 aliphatic carbocycles. The summed E-state index contributed by atoms with van der Waals surface area (Å²) in [5.74, 6) is 0.823. The fourth-order valence-corrected chi connectivity index (χ4v) is 2.29. The molecule has 2 aromatic rings. The number of nitrogens with one attached hydrogen (secondary N) is 1. The second-order valence-corrected chi connectivity index (χ2v) is 4.62. The zero-order valence-corrected chi connectivity index (χ0v) is 11.9. The molecule has 0 spiro atoms. The maximum atomic E-state index is 10.3. The van der Waals surface area contributed by atoms with Crippen molar-refractivity contribution < 1.29 is 14.6 Å². The van der Waals surface area contributed by atoms with Gasteiger partial charge in [-0.2, -0.15) is 0 Å². The number of aliphatic hydroxyl groups excluding tert-OH is 1. The molecule has 4 nitrogen and oxygen atoms in total. The van der Waals surface area contributed by atoms with Crippen molar-refractivity contribution in [3.63, 3.8) is 0 Å². The van der Waals surface area contributed by atoms with Crippen molar-refractivity contribution in [1.29, 1.82) is 0 Å². The third-order valence-corrected chi connectivity index (χ3v) is 3.32. The van der Waals surface area contributed by atoms with E-state index in [2.05, 4.69) is 5.32 Å². The lowest BCUT2D eigenvalue weighted by atomic mass is 9.99. The molecule has 0 fully saturated rings. The molecule has 2 N–H and O–H groups in total. The Morgan fingerprint density at radius 1 is 1.10 bits per heavy atom. The van der Waals surface area contributed by atoms with Crippen molar-refractivity contribution in [1.82, 2.24) is 5.32 Å². The predicted octanol–water partition coefficient (Wildman–Crippen LogP) is 2.12. The minimum atomic E-state index is -0.553. The lowest BCUT2D eigenvalue weighted by molar-refractivity contribution is 0.162. The van der Waals surface area contributed by atoms with Gasteiger partial charge in [-0.05, 0) is 17.0 Å². The zero-order chi connectivity index (χ0) is 14.4. The molecule has 0 aliphatic heterocycles. The van der Waals surface area contributed by atoms with Crippen molar-refractivity contribution in [2.24, 2.45) is 0 Å². The first kappa shape index (κ1) is 14.8. The Morgan fingerprint density at radius 2 is 1.85 bits per heavy atom. The Labute approximate surface area is 119 Å². The third kappa shape index (κ3) is 3.28. The van der Waals surface area contributed by atoms with Crippen LogP contribution < -0.4 is 10.1 Å². The Hall–Kier alpha value is -1.62. The molecule has 0 aliphatic rings. The summed E-state index contributed by atoms with van der Waals surface area (Å²) in [5, 5.41) is 15.5. The number of methoxy groups -OCH3 is 2. The van der Waals surface area contributed by atoms with Gasteiger partial charge in [0.2, 0.25) is 0 Å². The summed E-state index contributed by atoms with van der Waals surface area (Å²) in [6.07, 6.45) is -0.553. The topological polar surface area (TPSA) is 50.7 Å². The molecule has 0 amide bonds. The second-order valence-electron chi connectivity index (χ2n) is 4.62. The summed E-state index contributed by atoms with van der Waals surface area (Å²) < 4.78 is 10.3. The first-order valence-corrected chi connectivity index (χ1v) is 6.71. The Kier molecular flexibility index (Phi) is 5.35. The summed E-state index contributed by atoms with van der Waals surface area (Å²) in [6.45, 7) is 1.86. The lowest BCUT2D eigenvalue weighted by Gasteiger charge is -2.16. The maximum absolute atomic E-state index is 10.3. The summed E-state index contributed by atoms with van der Waals surface area (Å²) in [6, 6.07) is 11.8. The fourth-order valence-electron chi connectivity index (χ4n) is 2.29. The Balaban J connectivity index is 2.21. The van der Waals surface area contributed by atoms with Gasteiger partial charge in [-0.15, -0.1) is 0 Å². The second kappa shape index (κ2) is 7.24. The van der Waals surface area contributed by atoms with Gasteiger partial charge >= 0.3 is 0 Å². The van der Waals surface area contributed by atoms with E-state index in [9.17, 15) is 5.11 Å². The highest BCUT2D eigenvalue weighted by molar-refractivity contribution is 5.91. The SMILES string of the molecule is COCCNCC(O)c1ccc(OC)c2ccccc12. The average molecular weight is 275 g/mol. The van der Waals surface area contributed by atoms with E-state index in [-0.39, 0.29) is 0 Å². The van der Waals surface area contributed by atoms with Gasteiger partial charge in [-0.3, -0.25) is 0 Å². The minimum Gasteiger partial charge on any atom is -0.496 e. The molecule has 2 rings (SSSR count). The highest BCUT2D eigenvalue weighted by atomic mass is 16.5. The van der Waals surface area contributed by atoms with E-state index in [0.29, 0.717) is 13.2 Å².